The van der Waals surface area contributed by atoms with Gasteiger partial charge >= 0.3 is 5.69 Å². The standard InChI is InChI=1S/C19H23ClN4O4/c1-11(16(25)15-17(21)22(2)19(27)23(3)18(15)26)24-8-9-28-14(10-24)12-4-6-13(20)7-5-12/h4-7,11,14H,8-10,21H2,1-3H3/t11-,14+/m1/s1. The maximum Gasteiger partial charge on any atom is 0.332 e. The van der Waals surface area contributed by atoms with E-state index in [1.807, 2.05) is 17.0 Å². The molecule has 0 saturated carbocycles. The molecule has 1 aromatic carbocycles. The van der Waals surface area contributed by atoms with Crippen molar-refractivity contribution in [2.75, 3.05) is 25.4 Å². The van der Waals surface area contributed by atoms with Crippen molar-refractivity contribution in [1.29, 1.82) is 0 Å². The van der Waals surface area contributed by atoms with E-state index in [-0.39, 0.29) is 17.5 Å². The molecule has 0 spiro atoms. The molecule has 1 fully saturated rings. The summed E-state index contributed by atoms with van der Waals surface area (Å²) in [5.41, 5.74) is 5.48. The normalized spacial score (nSPS) is 18.8. The lowest BCUT2D eigenvalue weighted by molar-refractivity contribution is -0.0387. The van der Waals surface area contributed by atoms with Gasteiger partial charge in [0.05, 0.1) is 18.8 Å². The number of aromatic nitrogens is 2. The first-order chi connectivity index (χ1) is 13.2. The zero-order chi connectivity index (χ0) is 20.6. The summed E-state index contributed by atoms with van der Waals surface area (Å²) in [5.74, 6) is -0.530. The zero-order valence-corrected chi connectivity index (χ0v) is 16.8. The number of ether oxygens (including phenoxy) is 1. The van der Waals surface area contributed by atoms with Gasteiger partial charge in [-0.2, -0.15) is 0 Å². The van der Waals surface area contributed by atoms with Crippen molar-refractivity contribution in [3.8, 4) is 0 Å². The summed E-state index contributed by atoms with van der Waals surface area (Å²) in [6.07, 6.45) is -0.207. The molecule has 0 unspecified atom stereocenters. The van der Waals surface area contributed by atoms with Crippen molar-refractivity contribution in [2.45, 2.75) is 19.1 Å². The first kappa shape index (κ1) is 20.3. The second-order valence-electron chi connectivity index (χ2n) is 6.91. The molecular weight excluding hydrogens is 384 g/mol. The molecule has 8 nitrogen and oxygen atoms in total. The minimum absolute atomic E-state index is 0.118. The van der Waals surface area contributed by atoms with Gasteiger partial charge in [-0.3, -0.25) is 23.6 Å². The van der Waals surface area contributed by atoms with Crippen LogP contribution in [0.25, 0.3) is 0 Å². The number of carbonyl (C=O) groups is 1. The van der Waals surface area contributed by atoms with Gasteiger partial charge in [0.2, 0.25) is 0 Å². The molecule has 2 atom stereocenters. The smallest absolute Gasteiger partial charge is 0.332 e. The Morgan fingerprint density at radius 1 is 1.21 bits per heavy atom. The maximum absolute atomic E-state index is 13.1. The van der Waals surface area contributed by atoms with E-state index >= 15 is 0 Å². The van der Waals surface area contributed by atoms with Crippen LogP contribution in [0.5, 0.6) is 0 Å². The number of hydrogen-bond donors (Lipinski definition) is 1. The molecule has 0 radical (unpaired) electrons. The van der Waals surface area contributed by atoms with Gasteiger partial charge in [0, 0.05) is 32.2 Å². The lowest BCUT2D eigenvalue weighted by Crippen LogP contribution is -2.49. The molecule has 1 aliphatic rings. The Hall–Kier alpha value is -2.42. The van der Waals surface area contributed by atoms with Crippen molar-refractivity contribution in [1.82, 2.24) is 14.0 Å². The summed E-state index contributed by atoms with van der Waals surface area (Å²) < 4.78 is 7.84. The minimum atomic E-state index is -0.681. The lowest BCUT2D eigenvalue weighted by atomic mass is 10.0. The fraction of sp³-hybridized carbons (Fsp3) is 0.421. The maximum atomic E-state index is 13.1. The van der Waals surface area contributed by atoms with E-state index < -0.39 is 23.1 Å². The number of morpholine rings is 1. The lowest BCUT2D eigenvalue weighted by Gasteiger charge is -2.36. The molecule has 2 aromatic rings. The summed E-state index contributed by atoms with van der Waals surface area (Å²) in [6.45, 7) is 3.21. The molecular formula is C19H23ClN4O4. The van der Waals surface area contributed by atoms with Crippen LogP contribution >= 0.6 is 11.6 Å². The molecule has 150 valence electrons. The number of halogens is 1. The van der Waals surface area contributed by atoms with Crippen LogP contribution < -0.4 is 17.0 Å². The number of nitrogens with zero attached hydrogens (tertiary/aromatic N) is 3. The van der Waals surface area contributed by atoms with Crippen LogP contribution in [0.15, 0.2) is 33.9 Å². The van der Waals surface area contributed by atoms with Gasteiger partial charge < -0.3 is 10.5 Å². The Kier molecular flexibility index (Phi) is 5.74. The summed E-state index contributed by atoms with van der Waals surface area (Å²) in [6, 6.07) is 6.78. The molecule has 1 aromatic heterocycles. The SMILES string of the molecule is C[C@H](C(=O)c1c(N)n(C)c(=O)n(C)c1=O)N1CCO[C@H](c2ccc(Cl)cc2)C1. The number of nitrogens with two attached hydrogens (primary N) is 1. The third kappa shape index (κ3) is 3.63. The minimum Gasteiger partial charge on any atom is -0.384 e. The fourth-order valence-electron chi connectivity index (χ4n) is 3.37. The number of Topliss-reactive ketones (excluding diaryl/α,β-unsaturated/α-hetero) is 1. The summed E-state index contributed by atoms with van der Waals surface area (Å²) in [7, 11) is 2.76. The highest BCUT2D eigenvalue weighted by Crippen LogP contribution is 2.25. The summed E-state index contributed by atoms with van der Waals surface area (Å²) in [5, 5.41) is 0.640. The molecule has 1 saturated heterocycles. The highest BCUT2D eigenvalue weighted by atomic mass is 35.5. The number of carbonyl (C=O) groups excluding carboxylic acids is 1. The number of rotatable bonds is 4. The van der Waals surface area contributed by atoms with Crippen molar-refractivity contribution in [3.05, 3.63) is 61.3 Å². The van der Waals surface area contributed by atoms with Crippen LogP contribution in [0.1, 0.15) is 28.9 Å². The molecule has 2 heterocycles. The van der Waals surface area contributed by atoms with Crippen molar-refractivity contribution in [2.24, 2.45) is 14.1 Å². The number of hydrogen-bond acceptors (Lipinski definition) is 6. The molecule has 0 amide bonds. The first-order valence-electron chi connectivity index (χ1n) is 8.93. The topological polar surface area (TPSA) is 99.6 Å². The highest BCUT2D eigenvalue weighted by Gasteiger charge is 2.32. The average molecular weight is 407 g/mol. The molecule has 28 heavy (non-hydrogen) atoms. The Morgan fingerprint density at radius 3 is 2.50 bits per heavy atom. The Labute approximate surface area is 167 Å². The number of ketones is 1. The molecule has 3 rings (SSSR count). The Morgan fingerprint density at radius 2 is 1.86 bits per heavy atom. The van der Waals surface area contributed by atoms with Crippen LogP contribution in [0.4, 0.5) is 5.82 Å². The van der Waals surface area contributed by atoms with Gasteiger partial charge in [0.1, 0.15) is 11.4 Å². The van der Waals surface area contributed by atoms with Gasteiger partial charge in [-0.15, -0.1) is 0 Å². The number of benzene rings is 1. The van der Waals surface area contributed by atoms with Gasteiger partial charge in [-0.1, -0.05) is 23.7 Å². The third-order valence-electron chi connectivity index (χ3n) is 5.22. The molecule has 0 aliphatic carbocycles. The number of anilines is 1. The van der Waals surface area contributed by atoms with Gasteiger partial charge in [-0.05, 0) is 24.6 Å². The average Bonchev–Trinajstić information content (AvgIpc) is 2.71. The van der Waals surface area contributed by atoms with Crippen LogP contribution in [-0.4, -0.2) is 45.6 Å². The summed E-state index contributed by atoms with van der Waals surface area (Å²) >= 11 is 5.94. The van der Waals surface area contributed by atoms with E-state index in [0.29, 0.717) is 24.7 Å². The van der Waals surface area contributed by atoms with E-state index in [4.69, 9.17) is 22.1 Å². The second-order valence-corrected chi connectivity index (χ2v) is 7.35. The summed E-state index contributed by atoms with van der Waals surface area (Å²) in [4.78, 5) is 39.5. The van der Waals surface area contributed by atoms with E-state index in [0.717, 1.165) is 14.7 Å². The predicted octanol–water partition coefficient (Wildman–Crippen LogP) is 0.964. The van der Waals surface area contributed by atoms with Crippen molar-refractivity contribution in [3.63, 3.8) is 0 Å². The van der Waals surface area contributed by atoms with Crippen LogP contribution in [0, 0.1) is 0 Å². The van der Waals surface area contributed by atoms with Crippen LogP contribution in [-0.2, 0) is 18.8 Å². The Balaban J connectivity index is 1.87. The Bertz CT molecular complexity index is 1010. The molecule has 1 aliphatic heterocycles. The van der Waals surface area contributed by atoms with E-state index in [1.165, 1.54) is 14.1 Å². The van der Waals surface area contributed by atoms with Crippen molar-refractivity contribution >= 4 is 23.2 Å². The van der Waals surface area contributed by atoms with E-state index in [9.17, 15) is 14.4 Å². The van der Waals surface area contributed by atoms with E-state index in [2.05, 4.69) is 0 Å². The molecule has 2 N–H and O–H groups in total. The second kappa shape index (κ2) is 7.90. The fourth-order valence-corrected chi connectivity index (χ4v) is 3.49. The monoisotopic (exact) mass is 406 g/mol. The highest BCUT2D eigenvalue weighted by molar-refractivity contribution is 6.30. The van der Waals surface area contributed by atoms with Crippen LogP contribution in [0.3, 0.4) is 0 Å². The third-order valence-corrected chi connectivity index (χ3v) is 5.48. The first-order valence-corrected chi connectivity index (χ1v) is 9.31. The van der Waals surface area contributed by atoms with Gasteiger partial charge in [-0.25, -0.2) is 4.79 Å². The van der Waals surface area contributed by atoms with Gasteiger partial charge in [0.25, 0.3) is 5.56 Å². The predicted molar refractivity (Wildman–Crippen MR) is 107 cm³/mol. The van der Waals surface area contributed by atoms with Gasteiger partial charge in [0.15, 0.2) is 5.78 Å². The molecule has 9 heteroatoms. The van der Waals surface area contributed by atoms with E-state index in [1.54, 1.807) is 19.1 Å². The largest absolute Gasteiger partial charge is 0.384 e. The van der Waals surface area contributed by atoms with Crippen LogP contribution in [0.2, 0.25) is 5.02 Å². The quantitative estimate of drug-likeness (QED) is 0.759. The zero-order valence-electron chi connectivity index (χ0n) is 16.0. The van der Waals surface area contributed by atoms with Crippen molar-refractivity contribution < 1.29 is 9.53 Å². The number of nitrogen functional groups attached to an aromatic ring is 1. The molecule has 0 bridgehead atoms.